The average Bonchev–Trinajstić information content (AvgIpc) is 3.23. The Bertz CT molecular complexity index is 1320. The predicted octanol–water partition coefficient (Wildman–Crippen LogP) is 3.45. The summed E-state index contributed by atoms with van der Waals surface area (Å²) in [5, 5.41) is 15.0. The van der Waals surface area contributed by atoms with Crippen LogP contribution in [0.4, 0.5) is 5.69 Å². The summed E-state index contributed by atoms with van der Waals surface area (Å²) in [6.45, 7) is 3.06. The highest BCUT2D eigenvalue weighted by Gasteiger charge is 2.23. The maximum absolute atomic E-state index is 13.0. The third kappa shape index (κ3) is 4.45. The Kier molecular flexibility index (Phi) is 5.90. The number of anilines is 1. The summed E-state index contributed by atoms with van der Waals surface area (Å²) in [5.74, 6) is 2.14. The number of hydrogen-bond donors (Lipinski definition) is 2. The van der Waals surface area contributed by atoms with Crippen LogP contribution in [0.15, 0.2) is 61.1 Å². The number of aromatic nitrogens is 5. The smallest absolute Gasteiger partial charge is 0.251 e. The van der Waals surface area contributed by atoms with Gasteiger partial charge < -0.3 is 19.9 Å². The van der Waals surface area contributed by atoms with E-state index in [2.05, 4.69) is 30.8 Å². The van der Waals surface area contributed by atoms with E-state index in [1.807, 2.05) is 61.0 Å². The van der Waals surface area contributed by atoms with Gasteiger partial charge in [0.05, 0.1) is 19.2 Å². The molecule has 0 aliphatic carbocycles. The number of ether oxygens (including phenoxy) is 1. The molecule has 34 heavy (non-hydrogen) atoms. The standard InChI is InChI=1S/C25H25N7O2/c1-16-6-7-19-20(9-11-34-22(19)12-16)29-25(33)17-4-3-5-18(13-17)27-14-23-30-31-24(32(23)2)21-8-10-26-15-28-21/h3-8,10,12-13,15,20,27H,9,11,14H2,1-2H3,(H,29,33)/t20-/m1/s1. The van der Waals surface area contributed by atoms with E-state index in [-0.39, 0.29) is 11.9 Å². The number of carbonyl (C=O) groups excluding carboxylic acids is 1. The van der Waals surface area contributed by atoms with Crippen molar-refractivity contribution in [2.45, 2.75) is 25.9 Å². The zero-order valence-electron chi connectivity index (χ0n) is 19.0. The summed E-state index contributed by atoms with van der Waals surface area (Å²) in [5.41, 5.74) is 4.27. The van der Waals surface area contributed by atoms with Crippen LogP contribution in [0.2, 0.25) is 0 Å². The lowest BCUT2D eigenvalue weighted by molar-refractivity contribution is 0.0925. The van der Waals surface area contributed by atoms with Gasteiger partial charge in [-0.3, -0.25) is 4.79 Å². The van der Waals surface area contributed by atoms with Crippen LogP contribution in [0.1, 0.15) is 39.8 Å². The molecule has 0 bridgehead atoms. The van der Waals surface area contributed by atoms with Crippen molar-refractivity contribution in [3.8, 4) is 17.3 Å². The first-order valence-electron chi connectivity index (χ1n) is 11.1. The Balaban J connectivity index is 1.26. The van der Waals surface area contributed by atoms with Crippen molar-refractivity contribution < 1.29 is 9.53 Å². The molecular formula is C25H25N7O2. The first kappa shape index (κ1) is 21.6. The Labute approximate surface area is 197 Å². The molecule has 2 N–H and O–H groups in total. The lowest BCUT2D eigenvalue weighted by Crippen LogP contribution is -2.32. The van der Waals surface area contributed by atoms with E-state index in [0.29, 0.717) is 30.2 Å². The Hall–Kier alpha value is -4.27. The zero-order valence-corrected chi connectivity index (χ0v) is 19.0. The largest absolute Gasteiger partial charge is 0.493 e. The molecule has 0 fully saturated rings. The number of aryl methyl sites for hydroxylation is 1. The highest BCUT2D eigenvalue weighted by Crippen LogP contribution is 2.33. The molecule has 5 rings (SSSR count). The average molecular weight is 456 g/mol. The number of fused-ring (bicyclic) bond motifs is 1. The van der Waals surface area contributed by atoms with Crippen LogP contribution in [0.5, 0.6) is 5.75 Å². The fraction of sp³-hybridized carbons (Fsp3) is 0.240. The molecule has 0 radical (unpaired) electrons. The van der Waals surface area contributed by atoms with Gasteiger partial charge in [0.1, 0.15) is 17.8 Å². The van der Waals surface area contributed by atoms with Crippen LogP contribution in [-0.2, 0) is 13.6 Å². The molecule has 0 spiro atoms. The lowest BCUT2D eigenvalue weighted by Gasteiger charge is -2.27. The number of nitrogens with one attached hydrogen (secondary N) is 2. The van der Waals surface area contributed by atoms with E-state index in [9.17, 15) is 4.79 Å². The Morgan fingerprint density at radius 2 is 2.09 bits per heavy atom. The van der Waals surface area contributed by atoms with Crippen molar-refractivity contribution in [2.24, 2.45) is 7.05 Å². The minimum absolute atomic E-state index is 0.0766. The predicted molar refractivity (Wildman–Crippen MR) is 127 cm³/mol. The van der Waals surface area contributed by atoms with Crippen molar-refractivity contribution in [3.05, 3.63) is 83.6 Å². The Morgan fingerprint density at radius 1 is 1.18 bits per heavy atom. The van der Waals surface area contributed by atoms with E-state index >= 15 is 0 Å². The maximum atomic E-state index is 13.0. The fourth-order valence-electron chi connectivity index (χ4n) is 4.00. The number of amides is 1. The third-order valence-electron chi connectivity index (χ3n) is 5.87. The molecule has 1 aliphatic rings. The topological polar surface area (TPSA) is 107 Å². The molecule has 172 valence electrons. The number of nitrogens with zero attached hydrogens (tertiary/aromatic N) is 5. The van der Waals surface area contributed by atoms with E-state index in [0.717, 1.165) is 34.8 Å². The van der Waals surface area contributed by atoms with Gasteiger partial charge in [-0.2, -0.15) is 0 Å². The molecule has 9 nitrogen and oxygen atoms in total. The van der Waals surface area contributed by atoms with Crippen molar-refractivity contribution in [3.63, 3.8) is 0 Å². The lowest BCUT2D eigenvalue weighted by atomic mass is 9.98. The number of benzene rings is 2. The molecule has 9 heteroatoms. The molecule has 2 aromatic heterocycles. The minimum atomic E-state index is -0.119. The monoisotopic (exact) mass is 455 g/mol. The highest BCUT2D eigenvalue weighted by molar-refractivity contribution is 5.95. The third-order valence-corrected chi connectivity index (χ3v) is 5.87. The minimum Gasteiger partial charge on any atom is -0.493 e. The van der Waals surface area contributed by atoms with Crippen molar-refractivity contribution >= 4 is 11.6 Å². The summed E-state index contributed by atoms with van der Waals surface area (Å²) >= 11 is 0. The van der Waals surface area contributed by atoms with Crippen molar-refractivity contribution in [1.82, 2.24) is 30.0 Å². The second kappa shape index (κ2) is 9.30. The van der Waals surface area contributed by atoms with Gasteiger partial charge in [0.25, 0.3) is 5.91 Å². The summed E-state index contributed by atoms with van der Waals surface area (Å²) in [6, 6.07) is 15.2. The molecule has 0 saturated carbocycles. The van der Waals surface area contributed by atoms with Crippen LogP contribution < -0.4 is 15.4 Å². The van der Waals surface area contributed by atoms with E-state index in [1.165, 1.54) is 6.33 Å². The van der Waals surface area contributed by atoms with Gasteiger partial charge in [-0.05, 0) is 42.8 Å². The highest BCUT2D eigenvalue weighted by atomic mass is 16.5. The normalized spacial score (nSPS) is 14.7. The molecule has 1 atom stereocenters. The molecular weight excluding hydrogens is 430 g/mol. The van der Waals surface area contributed by atoms with E-state index in [4.69, 9.17) is 4.74 Å². The van der Waals surface area contributed by atoms with Gasteiger partial charge in [-0.25, -0.2) is 9.97 Å². The van der Waals surface area contributed by atoms with Gasteiger partial charge in [0, 0.05) is 36.5 Å². The molecule has 2 aromatic carbocycles. The van der Waals surface area contributed by atoms with Crippen LogP contribution in [0.25, 0.3) is 11.5 Å². The quantitative estimate of drug-likeness (QED) is 0.459. The van der Waals surface area contributed by atoms with Crippen LogP contribution in [-0.4, -0.2) is 37.2 Å². The molecule has 1 amide bonds. The summed E-state index contributed by atoms with van der Waals surface area (Å²) in [6.07, 6.45) is 3.89. The summed E-state index contributed by atoms with van der Waals surface area (Å²) < 4.78 is 7.66. The van der Waals surface area contributed by atoms with Crippen molar-refractivity contribution in [2.75, 3.05) is 11.9 Å². The Morgan fingerprint density at radius 3 is 2.94 bits per heavy atom. The number of rotatable bonds is 6. The number of carbonyl (C=O) groups is 1. The maximum Gasteiger partial charge on any atom is 0.251 e. The van der Waals surface area contributed by atoms with Crippen LogP contribution >= 0.6 is 0 Å². The molecule has 0 unspecified atom stereocenters. The fourth-order valence-corrected chi connectivity index (χ4v) is 4.00. The van der Waals surface area contributed by atoms with Gasteiger partial charge in [-0.15, -0.1) is 10.2 Å². The van der Waals surface area contributed by atoms with Crippen LogP contribution in [0, 0.1) is 6.92 Å². The summed E-state index contributed by atoms with van der Waals surface area (Å²) in [7, 11) is 1.89. The van der Waals surface area contributed by atoms with Gasteiger partial charge >= 0.3 is 0 Å². The second-order valence-corrected chi connectivity index (χ2v) is 8.23. The molecule has 1 aliphatic heterocycles. The molecule has 3 heterocycles. The zero-order chi connectivity index (χ0) is 23.5. The molecule has 4 aromatic rings. The van der Waals surface area contributed by atoms with E-state index in [1.54, 1.807) is 12.3 Å². The number of hydrogen-bond acceptors (Lipinski definition) is 7. The SMILES string of the molecule is Cc1ccc2c(c1)OCC[C@H]2NC(=O)c1cccc(NCc2nnc(-c3ccncn3)n2C)c1. The van der Waals surface area contributed by atoms with E-state index < -0.39 is 0 Å². The van der Waals surface area contributed by atoms with Crippen LogP contribution in [0.3, 0.4) is 0 Å². The summed E-state index contributed by atoms with van der Waals surface area (Å²) in [4.78, 5) is 21.2. The van der Waals surface area contributed by atoms with Gasteiger partial charge in [0.2, 0.25) is 0 Å². The van der Waals surface area contributed by atoms with Crippen molar-refractivity contribution in [1.29, 1.82) is 0 Å². The van der Waals surface area contributed by atoms with Gasteiger partial charge in [0.15, 0.2) is 11.6 Å². The first-order chi connectivity index (χ1) is 16.6. The first-order valence-corrected chi connectivity index (χ1v) is 11.1. The molecule has 0 saturated heterocycles. The second-order valence-electron chi connectivity index (χ2n) is 8.23. The van der Waals surface area contributed by atoms with Gasteiger partial charge in [-0.1, -0.05) is 18.2 Å².